The zero-order valence-corrected chi connectivity index (χ0v) is 15.6. The van der Waals surface area contributed by atoms with Crippen LogP contribution in [0.15, 0.2) is 53.4 Å². The van der Waals surface area contributed by atoms with Crippen molar-refractivity contribution >= 4 is 29.3 Å². The quantitative estimate of drug-likeness (QED) is 0.822. The van der Waals surface area contributed by atoms with E-state index < -0.39 is 0 Å². The number of carbonyl (C=O) groups excluding carboxylic acids is 2. The second-order valence-corrected chi connectivity index (χ2v) is 6.87. The van der Waals surface area contributed by atoms with Gasteiger partial charge in [0.25, 0.3) is 5.91 Å². The van der Waals surface area contributed by atoms with Crippen LogP contribution in [0, 0.1) is 0 Å². The lowest BCUT2D eigenvalue weighted by molar-refractivity contribution is -0.134. The average molecular weight is 370 g/mol. The summed E-state index contributed by atoms with van der Waals surface area (Å²) in [5, 5.41) is 2.91. The number of hydrogen-bond donors (Lipinski definition) is 1. The standard InChI is InChI=1S/C20H22N2O3S/c1-26-18-5-3-2-4-17(18)20(24)21-16-8-6-15(7-9-16)14-19(23)22-10-12-25-13-11-22/h2-9H,10-14H2,1H3,(H,21,24). The summed E-state index contributed by atoms with van der Waals surface area (Å²) in [4.78, 5) is 27.5. The van der Waals surface area contributed by atoms with E-state index >= 15 is 0 Å². The number of ether oxygens (including phenoxy) is 1. The number of morpholine rings is 1. The van der Waals surface area contributed by atoms with Gasteiger partial charge in [0.2, 0.25) is 5.91 Å². The highest BCUT2D eigenvalue weighted by molar-refractivity contribution is 7.98. The highest BCUT2D eigenvalue weighted by Crippen LogP contribution is 2.21. The highest BCUT2D eigenvalue weighted by atomic mass is 32.2. The zero-order chi connectivity index (χ0) is 18.4. The zero-order valence-electron chi connectivity index (χ0n) is 14.7. The van der Waals surface area contributed by atoms with Crippen molar-refractivity contribution in [3.63, 3.8) is 0 Å². The first-order valence-electron chi connectivity index (χ1n) is 8.56. The lowest BCUT2D eigenvalue weighted by atomic mass is 10.1. The molecule has 0 radical (unpaired) electrons. The molecule has 0 unspecified atom stereocenters. The van der Waals surface area contributed by atoms with E-state index in [4.69, 9.17) is 4.74 Å². The molecule has 2 amide bonds. The Labute approximate surface area is 157 Å². The maximum absolute atomic E-state index is 12.5. The van der Waals surface area contributed by atoms with Crippen molar-refractivity contribution in [2.45, 2.75) is 11.3 Å². The van der Waals surface area contributed by atoms with Crippen LogP contribution in [0.3, 0.4) is 0 Å². The first kappa shape index (κ1) is 18.5. The van der Waals surface area contributed by atoms with Crippen molar-refractivity contribution in [2.75, 3.05) is 37.9 Å². The van der Waals surface area contributed by atoms with Gasteiger partial charge in [-0.3, -0.25) is 9.59 Å². The van der Waals surface area contributed by atoms with Crippen LogP contribution < -0.4 is 5.32 Å². The molecule has 2 aromatic carbocycles. The predicted octanol–water partition coefficient (Wildman–Crippen LogP) is 3.06. The lowest BCUT2D eigenvalue weighted by Gasteiger charge is -2.26. The van der Waals surface area contributed by atoms with Gasteiger partial charge < -0.3 is 15.0 Å². The molecule has 1 fully saturated rings. The molecule has 6 heteroatoms. The van der Waals surface area contributed by atoms with Crippen LogP contribution >= 0.6 is 11.8 Å². The fraction of sp³-hybridized carbons (Fsp3) is 0.300. The van der Waals surface area contributed by atoms with Crippen molar-refractivity contribution in [1.29, 1.82) is 0 Å². The van der Waals surface area contributed by atoms with Crippen LogP contribution in [-0.4, -0.2) is 49.3 Å². The van der Waals surface area contributed by atoms with Crippen molar-refractivity contribution in [3.05, 3.63) is 59.7 Å². The Bertz CT molecular complexity index is 771. The van der Waals surface area contributed by atoms with Crippen LogP contribution in [0.1, 0.15) is 15.9 Å². The van der Waals surface area contributed by atoms with E-state index in [1.165, 1.54) is 0 Å². The number of benzene rings is 2. The third-order valence-electron chi connectivity index (χ3n) is 4.28. The highest BCUT2D eigenvalue weighted by Gasteiger charge is 2.17. The van der Waals surface area contributed by atoms with Gasteiger partial charge >= 0.3 is 0 Å². The van der Waals surface area contributed by atoms with Gasteiger partial charge in [0.1, 0.15) is 0 Å². The summed E-state index contributed by atoms with van der Waals surface area (Å²) in [7, 11) is 0. The molecule has 1 aliphatic heterocycles. The van der Waals surface area contributed by atoms with Crippen molar-refractivity contribution in [2.24, 2.45) is 0 Å². The summed E-state index contributed by atoms with van der Waals surface area (Å²) in [6.45, 7) is 2.52. The van der Waals surface area contributed by atoms with Gasteiger partial charge in [-0.2, -0.15) is 0 Å². The number of amides is 2. The molecular formula is C20H22N2O3S. The Hall–Kier alpha value is -2.31. The Kier molecular flexibility index (Phi) is 6.30. The minimum Gasteiger partial charge on any atom is -0.378 e. The predicted molar refractivity (Wildman–Crippen MR) is 104 cm³/mol. The van der Waals surface area contributed by atoms with Gasteiger partial charge in [-0.15, -0.1) is 11.8 Å². The second-order valence-electron chi connectivity index (χ2n) is 6.02. The van der Waals surface area contributed by atoms with Gasteiger partial charge in [-0.1, -0.05) is 24.3 Å². The molecule has 26 heavy (non-hydrogen) atoms. The topological polar surface area (TPSA) is 58.6 Å². The number of anilines is 1. The van der Waals surface area contributed by atoms with Gasteiger partial charge in [0, 0.05) is 23.7 Å². The monoisotopic (exact) mass is 370 g/mol. The first-order chi connectivity index (χ1) is 12.7. The summed E-state index contributed by atoms with van der Waals surface area (Å²) in [5.74, 6) is -0.0222. The molecule has 3 rings (SSSR count). The molecule has 0 aromatic heterocycles. The summed E-state index contributed by atoms with van der Waals surface area (Å²) in [6.07, 6.45) is 2.32. The Balaban J connectivity index is 1.60. The van der Waals surface area contributed by atoms with Gasteiger partial charge in [-0.05, 0) is 36.1 Å². The molecule has 1 N–H and O–H groups in total. The number of rotatable bonds is 5. The summed E-state index contributed by atoms with van der Waals surface area (Å²) in [5.41, 5.74) is 2.31. The first-order valence-corrected chi connectivity index (χ1v) is 9.78. The summed E-state index contributed by atoms with van der Waals surface area (Å²) >= 11 is 1.55. The molecule has 0 atom stereocenters. The van der Waals surface area contributed by atoms with Gasteiger partial charge in [0.15, 0.2) is 0 Å². The lowest BCUT2D eigenvalue weighted by Crippen LogP contribution is -2.41. The van der Waals surface area contributed by atoms with E-state index in [0.29, 0.717) is 44.0 Å². The second kappa shape index (κ2) is 8.87. The molecule has 0 saturated carbocycles. The fourth-order valence-corrected chi connectivity index (χ4v) is 3.43. The van der Waals surface area contributed by atoms with E-state index in [1.54, 1.807) is 11.8 Å². The van der Waals surface area contributed by atoms with Crippen LogP contribution in [0.2, 0.25) is 0 Å². The summed E-state index contributed by atoms with van der Waals surface area (Å²) in [6, 6.07) is 15.0. The number of hydrogen-bond acceptors (Lipinski definition) is 4. The molecule has 1 aliphatic rings. The SMILES string of the molecule is CSc1ccccc1C(=O)Nc1ccc(CC(=O)N2CCOCC2)cc1. The normalized spacial score (nSPS) is 14.1. The Morgan fingerprint density at radius 2 is 1.77 bits per heavy atom. The van der Waals surface area contributed by atoms with Gasteiger partial charge in [0.05, 0.1) is 25.2 Å². The van der Waals surface area contributed by atoms with Crippen molar-refractivity contribution in [3.8, 4) is 0 Å². The number of thioether (sulfide) groups is 1. The molecule has 5 nitrogen and oxygen atoms in total. The third-order valence-corrected chi connectivity index (χ3v) is 5.08. The number of carbonyl (C=O) groups is 2. The number of nitrogens with zero attached hydrogens (tertiary/aromatic N) is 1. The Morgan fingerprint density at radius 3 is 2.46 bits per heavy atom. The summed E-state index contributed by atoms with van der Waals surface area (Å²) < 4.78 is 5.27. The molecule has 1 heterocycles. The van der Waals surface area contributed by atoms with Crippen LogP contribution in [0.5, 0.6) is 0 Å². The Morgan fingerprint density at radius 1 is 1.08 bits per heavy atom. The molecule has 136 valence electrons. The van der Waals surface area contributed by atoms with E-state index in [-0.39, 0.29) is 11.8 Å². The fourth-order valence-electron chi connectivity index (χ4n) is 2.84. The molecular weight excluding hydrogens is 348 g/mol. The van der Waals surface area contributed by atoms with E-state index in [9.17, 15) is 9.59 Å². The molecule has 1 saturated heterocycles. The van der Waals surface area contributed by atoms with E-state index in [2.05, 4.69) is 5.32 Å². The van der Waals surface area contributed by atoms with E-state index in [0.717, 1.165) is 10.5 Å². The smallest absolute Gasteiger partial charge is 0.256 e. The molecule has 0 spiro atoms. The van der Waals surface area contributed by atoms with Crippen LogP contribution in [0.25, 0.3) is 0 Å². The molecule has 0 bridgehead atoms. The minimum atomic E-state index is -0.132. The van der Waals surface area contributed by atoms with Crippen LogP contribution in [0.4, 0.5) is 5.69 Å². The molecule has 2 aromatic rings. The average Bonchev–Trinajstić information content (AvgIpc) is 2.70. The van der Waals surface area contributed by atoms with E-state index in [1.807, 2.05) is 59.7 Å². The maximum Gasteiger partial charge on any atom is 0.256 e. The largest absolute Gasteiger partial charge is 0.378 e. The number of nitrogens with one attached hydrogen (secondary N) is 1. The van der Waals surface area contributed by atoms with Crippen molar-refractivity contribution in [1.82, 2.24) is 4.90 Å². The maximum atomic E-state index is 12.5. The third kappa shape index (κ3) is 4.65. The molecule has 0 aliphatic carbocycles. The minimum absolute atomic E-state index is 0.110. The van der Waals surface area contributed by atoms with Gasteiger partial charge in [-0.25, -0.2) is 0 Å². The van der Waals surface area contributed by atoms with Crippen molar-refractivity contribution < 1.29 is 14.3 Å². The van der Waals surface area contributed by atoms with Crippen LogP contribution in [-0.2, 0) is 16.0 Å².